The second-order valence-electron chi connectivity index (χ2n) is 2.23. The second kappa shape index (κ2) is 4.17. The van der Waals surface area contributed by atoms with Crippen LogP contribution in [-0.4, -0.2) is 31.0 Å². The largest absolute Gasteiger partial charge is 0.481 e. The molecule has 0 saturated heterocycles. The first-order valence-corrected chi connectivity index (χ1v) is 4.73. The molecule has 0 aliphatic heterocycles. The second-order valence-corrected chi connectivity index (χ2v) is 4.01. The summed E-state index contributed by atoms with van der Waals surface area (Å²) in [5.41, 5.74) is 0. The van der Waals surface area contributed by atoms with Crippen molar-refractivity contribution < 1.29 is 18.3 Å². The van der Waals surface area contributed by atoms with Crippen LogP contribution in [0.2, 0.25) is 0 Å². The standard InChI is InChI=1S/C5H10N2O4S/c6-3-4(12(7,10)11)1-2-5(8)9/h3-4,6H,1-2H2,(H,8,9)(H2,7,10,11). The zero-order valence-corrected chi connectivity index (χ0v) is 7.04. The molecule has 12 heavy (non-hydrogen) atoms. The van der Waals surface area contributed by atoms with E-state index >= 15 is 0 Å². The van der Waals surface area contributed by atoms with Crippen LogP contribution in [-0.2, 0) is 14.8 Å². The van der Waals surface area contributed by atoms with E-state index < -0.39 is 21.2 Å². The summed E-state index contributed by atoms with van der Waals surface area (Å²) in [6, 6.07) is 0. The Bertz CT molecular complexity index is 271. The Labute approximate surface area is 69.9 Å². The van der Waals surface area contributed by atoms with Crippen molar-refractivity contribution >= 4 is 22.2 Å². The average molecular weight is 194 g/mol. The fourth-order valence-corrected chi connectivity index (χ4v) is 1.24. The summed E-state index contributed by atoms with van der Waals surface area (Å²) in [6.07, 6.45) is 0.173. The van der Waals surface area contributed by atoms with Crippen LogP contribution < -0.4 is 5.14 Å². The minimum absolute atomic E-state index is 0.155. The molecule has 1 atom stereocenters. The first-order chi connectivity index (χ1) is 5.38. The predicted octanol–water partition coefficient (Wildman–Crippen LogP) is -0.842. The number of aliphatic carboxylic acids is 1. The molecule has 0 saturated carbocycles. The summed E-state index contributed by atoms with van der Waals surface area (Å²) in [5, 5.41) is 18.4. The smallest absolute Gasteiger partial charge is 0.303 e. The lowest BCUT2D eigenvalue weighted by Gasteiger charge is -2.05. The highest BCUT2D eigenvalue weighted by molar-refractivity contribution is 7.90. The third-order valence-corrected chi connectivity index (χ3v) is 2.47. The van der Waals surface area contributed by atoms with E-state index in [0.717, 1.165) is 0 Å². The molecule has 70 valence electrons. The lowest BCUT2D eigenvalue weighted by molar-refractivity contribution is -0.137. The highest BCUT2D eigenvalue weighted by atomic mass is 32.2. The fraction of sp³-hybridized carbons (Fsp3) is 0.600. The Balaban J connectivity index is 4.21. The topological polar surface area (TPSA) is 121 Å². The molecule has 1 unspecified atom stereocenters. The van der Waals surface area contributed by atoms with Crippen LogP contribution in [0.25, 0.3) is 0 Å². The van der Waals surface area contributed by atoms with Crippen LogP contribution in [0.3, 0.4) is 0 Å². The number of rotatable bonds is 5. The average Bonchev–Trinajstić information content (AvgIpc) is 1.85. The van der Waals surface area contributed by atoms with Crippen LogP contribution >= 0.6 is 0 Å². The minimum Gasteiger partial charge on any atom is -0.481 e. The number of carboxylic acids is 1. The van der Waals surface area contributed by atoms with E-state index in [1.165, 1.54) is 0 Å². The van der Waals surface area contributed by atoms with E-state index in [9.17, 15) is 13.2 Å². The number of hydrogen-bond donors (Lipinski definition) is 3. The zero-order chi connectivity index (χ0) is 9.78. The summed E-state index contributed by atoms with van der Waals surface area (Å²) in [4.78, 5) is 10.0. The van der Waals surface area contributed by atoms with Gasteiger partial charge in [0.1, 0.15) is 5.25 Å². The molecule has 6 nitrogen and oxygen atoms in total. The molecule has 0 heterocycles. The molecular weight excluding hydrogens is 184 g/mol. The summed E-state index contributed by atoms with van der Waals surface area (Å²) < 4.78 is 21.2. The molecule has 0 aliphatic rings. The Morgan fingerprint density at radius 3 is 2.42 bits per heavy atom. The first-order valence-electron chi connectivity index (χ1n) is 3.12. The van der Waals surface area contributed by atoms with Crippen molar-refractivity contribution in [3.63, 3.8) is 0 Å². The number of carboxylic acid groups (broad SMARTS) is 1. The molecule has 0 aromatic rings. The van der Waals surface area contributed by atoms with Gasteiger partial charge in [-0.3, -0.25) is 4.79 Å². The Hall–Kier alpha value is -0.950. The SMILES string of the molecule is N=CC(CCC(=O)O)S(N)(=O)=O. The lowest BCUT2D eigenvalue weighted by Crippen LogP contribution is -2.30. The van der Waals surface area contributed by atoms with Gasteiger partial charge < -0.3 is 10.5 Å². The molecular formula is C5H10N2O4S. The van der Waals surface area contributed by atoms with E-state index in [0.29, 0.717) is 6.21 Å². The molecule has 0 aromatic heterocycles. The van der Waals surface area contributed by atoms with Crippen molar-refractivity contribution in [3.05, 3.63) is 0 Å². The van der Waals surface area contributed by atoms with Gasteiger partial charge in [-0.25, -0.2) is 13.6 Å². The molecule has 0 amide bonds. The van der Waals surface area contributed by atoms with Crippen molar-refractivity contribution in [2.75, 3.05) is 0 Å². The minimum atomic E-state index is -3.82. The summed E-state index contributed by atoms with van der Waals surface area (Å²) in [5.74, 6) is -1.11. The number of nitrogens with one attached hydrogen (secondary N) is 1. The normalized spacial score (nSPS) is 13.8. The Morgan fingerprint density at radius 1 is 1.67 bits per heavy atom. The van der Waals surface area contributed by atoms with Gasteiger partial charge in [0, 0.05) is 12.6 Å². The molecule has 0 rings (SSSR count). The maximum absolute atomic E-state index is 10.6. The van der Waals surface area contributed by atoms with E-state index in [-0.39, 0.29) is 12.8 Å². The van der Waals surface area contributed by atoms with Crippen LogP contribution in [0.1, 0.15) is 12.8 Å². The number of carbonyl (C=O) groups is 1. The van der Waals surface area contributed by atoms with Crippen LogP contribution in [0.4, 0.5) is 0 Å². The number of sulfonamides is 1. The number of primary sulfonamides is 1. The molecule has 0 radical (unpaired) electrons. The molecule has 0 aliphatic carbocycles. The van der Waals surface area contributed by atoms with Crippen LogP contribution in [0.15, 0.2) is 0 Å². The van der Waals surface area contributed by atoms with Crippen molar-refractivity contribution in [2.45, 2.75) is 18.1 Å². The van der Waals surface area contributed by atoms with Gasteiger partial charge in [-0.15, -0.1) is 0 Å². The zero-order valence-electron chi connectivity index (χ0n) is 6.23. The van der Waals surface area contributed by atoms with Gasteiger partial charge >= 0.3 is 5.97 Å². The lowest BCUT2D eigenvalue weighted by atomic mass is 10.2. The van der Waals surface area contributed by atoms with Gasteiger partial charge in [0.2, 0.25) is 10.0 Å². The van der Waals surface area contributed by atoms with E-state index in [1.807, 2.05) is 0 Å². The van der Waals surface area contributed by atoms with Crippen molar-refractivity contribution in [2.24, 2.45) is 5.14 Å². The van der Waals surface area contributed by atoms with Crippen molar-refractivity contribution in [1.29, 1.82) is 5.41 Å². The van der Waals surface area contributed by atoms with E-state index in [2.05, 4.69) is 0 Å². The fourth-order valence-electron chi connectivity index (χ4n) is 0.608. The Kier molecular flexibility index (Phi) is 3.84. The summed E-state index contributed by atoms with van der Waals surface area (Å²) in [6.45, 7) is 0. The molecule has 0 spiro atoms. The van der Waals surface area contributed by atoms with Gasteiger partial charge in [-0.05, 0) is 6.42 Å². The number of hydrogen-bond acceptors (Lipinski definition) is 4. The van der Waals surface area contributed by atoms with E-state index in [4.69, 9.17) is 15.7 Å². The monoisotopic (exact) mass is 194 g/mol. The van der Waals surface area contributed by atoms with Gasteiger partial charge in [-0.1, -0.05) is 0 Å². The summed E-state index contributed by atoms with van der Waals surface area (Å²) >= 11 is 0. The van der Waals surface area contributed by atoms with Gasteiger partial charge in [0.15, 0.2) is 0 Å². The third-order valence-electron chi connectivity index (χ3n) is 1.25. The maximum atomic E-state index is 10.6. The van der Waals surface area contributed by atoms with Gasteiger partial charge in [-0.2, -0.15) is 0 Å². The quantitative estimate of drug-likeness (QED) is 0.494. The Morgan fingerprint density at radius 2 is 2.17 bits per heavy atom. The molecule has 0 aromatic carbocycles. The van der Waals surface area contributed by atoms with Gasteiger partial charge in [0.25, 0.3) is 0 Å². The molecule has 7 heteroatoms. The highest BCUT2D eigenvalue weighted by Gasteiger charge is 2.19. The summed E-state index contributed by atoms with van der Waals surface area (Å²) in [7, 11) is -3.82. The van der Waals surface area contributed by atoms with Gasteiger partial charge in [0.05, 0.1) is 0 Å². The van der Waals surface area contributed by atoms with Crippen LogP contribution in [0, 0.1) is 5.41 Å². The van der Waals surface area contributed by atoms with Crippen molar-refractivity contribution in [3.8, 4) is 0 Å². The molecule has 0 bridgehead atoms. The highest BCUT2D eigenvalue weighted by Crippen LogP contribution is 2.02. The first kappa shape index (κ1) is 11.1. The third kappa shape index (κ3) is 4.04. The number of nitrogens with two attached hydrogens (primary N) is 1. The van der Waals surface area contributed by atoms with Crippen LogP contribution in [0.5, 0.6) is 0 Å². The molecule has 0 fully saturated rings. The maximum Gasteiger partial charge on any atom is 0.303 e. The van der Waals surface area contributed by atoms with E-state index in [1.54, 1.807) is 0 Å². The molecule has 4 N–H and O–H groups in total. The predicted molar refractivity (Wildman–Crippen MR) is 42.5 cm³/mol. The van der Waals surface area contributed by atoms with Crippen molar-refractivity contribution in [1.82, 2.24) is 0 Å².